The van der Waals surface area contributed by atoms with E-state index in [9.17, 15) is 4.39 Å². The first kappa shape index (κ1) is 17.0. The predicted octanol–water partition coefficient (Wildman–Crippen LogP) is 4.43. The molecule has 0 spiro atoms. The van der Waals surface area contributed by atoms with Crippen LogP contribution in [-0.2, 0) is 13.0 Å². The van der Waals surface area contributed by atoms with Gasteiger partial charge in [-0.25, -0.2) is 9.37 Å². The molecule has 3 aromatic rings. The zero-order valence-electron chi connectivity index (χ0n) is 15.3. The smallest absolute Gasteiger partial charge is 0.218 e. The number of fused-ring (bicyclic) bond motifs is 2. The normalized spacial score (nSPS) is 14.7. The van der Waals surface area contributed by atoms with E-state index in [1.54, 1.807) is 0 Å². The molecule has 2 heterocycles. The Morgan fingerprint density at radius 2 is 1.92 bits per heavy atom. The van der Waals surface area contributed by atoms with Gasteiger partial charge in [0.1, 0.15) is 12.4 Å². The summed E-state index contributed by atoms with van der Waals surface area (Å²) in [6, 6.07) is 13.3. The highest BCUT2D eigenvalue weighted by atomic mass is 19.1. The molecule has 0 radical (unpaired) electrons. The maximum absolute atomic E-state index is 13.0. The van der Waals surface area contributed by atoms with Crippen molar-refractivity contribution in [3.8, 4) is 5.88 Å². The van der Waals surface area contributed by atoms with Gasteiger partial charge in [-0.05, 0) is 55.2 Å². The Morgan fingerprint density at radius 3 is 2.73 bits per heavy atom. The summed E-state index contributed by atoms with van der Waals surface area (Å²) in [5.41, 5.74) is 5.78. The first-order chi connectivity index (χ1) is 12.6. The van der Waals surface area contributed by atoms with E-state index in [1.807, 2.05) is 12.1 Å². The van der Waals surface area contributed by atoms with Crippen LogP contribution in [0.5, 0.6) is 5.88 Å². The van der Waals surface area contributed by atoms with E-state index in [0.29, 0.717) is 6.61 Å². The minimum atomic E-state index is -0.186. The molecule has 0 saturated heterocycles. The number of halogens is 1. The molecular formula is C22H23FN2O. The van der Waals surface area contributed by atoms with Gasteiger partial charge in [0, 0.05) is 30.6 Å². The SMILES string of the molecule is Cc1ccc2cc3c(nc2c1C)OCCN(CCc1ccc(F)cc1)C3. The number of benzene rings is 2. The highest BCUT2D eigenvalue weighted by Crippen LogP contribution is 2.28. The minimum Gasteiger partial charge on any atom is -0.476 e. The maximum Gasteiger partial charge on any atom is 0.218 e. The lowest BCUT2D eigenvalue weighted by Crippen LogP contribution is -2.28. The van der Waals surface area contributed by atoms with Crippen molar-refractivity contribution in [2.24, 2.45) is 0 Å². The molecule has 0 N–H and O–H groups in total. The van der Waals surface area contributed by atoms with Crippen molar-refractivity contribution in [3.05, 3.63) is 70.5 Å². The zero-order valence-corrected chi connectivity index (χ0v) is 15.3. The maximum atomic E-state index is 13.0. The van der Waals surface area contributed by atoms with Crippen LogP contribution in [0.4, 0.5) is 4.39 Å². The Hall–Kier alpha value is -2.46. The van der Waals surface area contributed by atoms with Crippen LogP contribution >= 0.6 is 0 Å². The number of aromatic nitrogens is 1. The van der Waals surface area contributed by atoms with Crippen molar-refractivity contribution in [2.75, 3.05) is 19.7 Å². The van der Waals surface area contributed by atoms with Crippen LogP contribution in [-0.4, -0.2) is 29.6 Å². The third-order valence-electron chi connectivity index (χ3n) is 5.22. The van der Waals surface area contributed by atoms with Gasteiger partial charge in [-0.3, -0.25) is 4.90 Å². The number of aryl methyl sites for hydroxylation is 2. The molecule has 0 saturated carbocycles. The monoisotopic (exact) mass is 350 g/mol. The Labute approximate surface area is 153 Å². The molecule has 1 aromatic heterocycles. The van der Waals surface area contributed by atoms with Crippen LogP contribution < -0.4 is 4.74 Å². The molecule has 3 nitrogen and oxygen atoms in total. The average Bonchev–Trinajstić information content (AvgIpc) is 2.84. The quantitative estimate of drug-likeness (QED) is 0.699. The molecule has 0 atom stereocenters. The van der Waals surface area contributed by atoms with E-state index in [-0.39, 0.29) is 5.82 Å². The Morgan fingerprint density at radius 1 is 1.12 bits per heavy atom. The molecule has 2 aromatic carbocycles. The molecule has 1 aliphatic rings. The highest BCUT2D eigenvalue weighted by molar-refractivity contribution is 5.84. The molecule has 134 valence electrons. The number of ether oxygens (including phenoxy) is 1. The Kier molecular flexibility index (Phi) is 4.60. The number of nitrogens with zero attached hydrogens (tertiary/aromatic N) is 2. The summed E-state index contributed by atoms with van der Waals surface area (Å²) in [7, 11) is 0. The molecule has 4 rings (SSSR count). The van der Waals surface area contributed by atoms with E-state index in [4.69, 9.17) is 9.72 Å². The van der Waals surface area contributed by atoms with Crippen molar-refractivity contribution in [1.82, 2.24) is 9.88 Å². The Balaban J connectivity index is 1.55. The molecular weight excluding hydrogens is 327 g/mol. The van der Waals surface area contributed by atoms with Gasteiger partial charge in [-0.2, -0.15) is 0 Å². The van der Waals surface area contributed by atoms with E-state index >= 15 is 0 Å². The minimum absolute atomic E-state index is 0.186. The van der Waals surface area contributed by atoms with E-state index in [2.05, 4.69) is 36.9 Å². The van der Waals surface area contributed by atoms with Gasteiger partial charge in [0.15, 0.2) is 0 Å². The molecule has 26 heavy (non-hydrogen) atoms. The third kappa shape index (κ3) is 3.42. The van der Waals surface area contributed by atoms with Crippen LogP contribution in [0.3, 0.4) is 0 Å². The van der Waals surface area contributed by atoms with Crippen molar-refractivity contribution in [1.29, 1.82) is 0 Å². The van der Waals surface area contributed by atoms with Crippen molar-refractivity contribution in [2.45, 2.75) is 26.8 Å². The van der Waals surface area contributed by atoms with Gasteiger partial charge >= 0.3 is 0 Å². The van der Waals surface area contributed by atoms with Gasteiger partial charge in [0.25, 0.3) is 0 Å². The molecule has 1 aliphatic heterocycles. The van der Waals surface area contributed by atoms with E-state index < -0.39 is 0 Å². The number of hydrogen-bond acceptors (Lipinski definition) is 3. The van der Waals surface area contributed by atoms with Gasteiger partial charge in [-0.1, -0.05) is 24.3 Å². The Bertz CT molecular complexity index is 937. The van der Waals surface area contributed by atoms with Gasteiger partial charge in [0.2, 0.25) is 5.88 Å². The van der Waals surface area contributed by atoms with Gasteiger partial charge in [-0.15, -0.1) is 0 Å². The summed E-state index contributed by atoms with van der Waals surface area (Å²) in [6.45, 7) is 7.47. The second-order valence-electron chi connectivity index (χ2n) is 7.03. The lowest BCUT2D eigenvalue weighted by atomic mass is 10.0. The zero-order chi connectivity index (χ0) is 18.1. The average molecular weight is 350 g/mol. The summed E-state index contributed by atoms with van der Waals surface area (Å²) < 4.78 is 19.0. The molecule has 0 fully saturated rings. The van der Waals surface area contributed by atoms with Crippen molar-refractivity contribution < 1.29 is 9.13 Å². The fourth-order valence-corrected chi connectivity index (χ4v) is 3.47. The predicted molar refractivity (Wildman–Crippen MR) is 102 cm³/mol. The molecule has 0 aliphatic carbocycles. The largest absolute Gasteiger partial charge is 0.476 e. The second kappa shape index (κ2) is 7.04. The summed E-state index contributed by atoms with van der Waals surface area (Å²) in [6.07, 6.45) is 0.898. The molecule has 0 unspecified atom stereocenters. The number of hydrogen-bond donors (Lipinski definition) is 0. The van der Waals surface area contributed by atoms with Crippen LogP contribution in [0.2, 0.25) is 0 Å². The highest BCUT2D eigenvalue weighted by Gasteiger charge is 2.18. The lowest BCUT2D eigenvalue weighted by molar-refractivity contribution is 0.225. The lowest BCUT2D eigenvalue weighted by Gasteiger charge is -2.19. The fourth-order valence-electron chi connectivity index (χ4n) is 3.47. The van der Waals surface area contributed by atoms with Crippen LogP contribution in [0, 0.1) is 19.7 Å². The van der Waals surface area contributed by atoms with Crippen LogP contribution in [0.25, 0.3) is 10.9 Å². The van der Waals surface area contributed by atoms with Crippen molar-refractivity contribution in [3.63, 3.8) is 0 Å². The summed E-state index contributed by atoms with van der Waals surface area (Å²) in [5, 5.41) is 1.16. The number of rotatable bonds is 3. The van der Waals surface area contributed by atoms with Gasteiger partial charge < -0.3 is 4.74 Å². The van der Waals surface area contributed by atoms with Crippen LogP contribution in [0.15, 0.2) is 42.5 Å². The third-order valence-corrected chi connectivity index (χ3v) is 5.22. The molecule has 4 heteroatoms. The van der Waals surface area contributed by atoms with Gasteiger partial charge in [0.05, 0.1) is 5.52 Å². The van der Waals surface area contributed by atoms with E-state index in [0.717, 1.165) is 54.0 Å². The first-order valence-electron chi connectivity index (χ1n) is 9.09. The standard InChI is InChI=1S/C22H23FN2O/c1-15-3-6-18-13-19-14-25(10-9-17-4-7-20(23)8-5-17)11-12-26-22(19)24-21(18)16(15)2/h3-8,13H,9-12,14H2,1-2H3. The topological polar surface area (TPSA) is 25.4 Å². The number of pyridine rings is 1. The van der Waals surface area contributed by atoms with Crippen LogP contribution in [0.1, 0.15) is 22.3 Å². The van der Waals surface area contributed by atoms with Crippen molar-refractivity contribution >= 4 is 10.9 Å². The molecule has 0 amide bonds. The molecule has 0 bridgehead atoms. The summed E-state index contributed by atoms with van der Waals surface area (Å²) in [4.78, 5) is 7.19. The fraction of sp³-hybridized carbons (Fsp3) is 0.318. The summed E-state index contributed by atoms with van der Waals surface area (Å²) in [5.74, 6) is 0.574. The van der Waals surface area contributed by atoms with E-state index in [1.165, 1.54) is 23.3 Å². The second-order valence-corrected chi connectivity index (χ2v) is 7.03. The first-order valence-corrected chi connectivity index (χ1v) is 9.09. The summed E-state index contributed by atoms with van der Waals surface area (Å²) >= 11 is 0.